The van der Waals surface area contributed by atoms with Crippen LogP contribution in [0.3, 0.4) is 0 Å². The van der Waals surface area contributed by atoms with Gasteiger partial charge in [-0.3, -0.25) is 10.1 Å². The number of nitrogens with one attached hydrogen (secondary N) is 1. The lowest BCUT2D eigenvalue weighted by Crippen LogP contribution is -2.32. The number of fused-ring (bicyclic) bond motifs is 1. The summed E-state index contributed by atoms with van der Waals surface area (Å²) < 4.78 is 4.67. The minimum atomic E-state index is -0.550. The van der Waals surface area contributed by atoms with Crippen molar-refractivity contribution in [1.29, 1.82) is 0 Å². The Morgan fingerprint density at radius 2 is 2.12 bits per heavy atom. The van der Waals surface area contributed by atoms with Crippen LogP contribution >= 0.6 is 23.2 Å². The molecule has 0 saturated heterocycles. The lowest BCUT2D eigenvalue weighted by atomic mass is 10.1. The van der Waals surface area contributed by atoms with Gasteiger partial charge < -0.3 is 15.0 Å². The number of nitro groups is 1. The average Bonchev–Trinajstić information content (AvgIpc) is 2.90. The number of methoxy groups -OCH3 is 1. The number of nitro benzene ring substituents is 1. The van der Waals surface area contributed by atoms with Crippen LogP contribution in [0.1, 0.15) is 23.0 Å². The molecule has 0 radical (unpaired) electrons. The molecule has 1 N–H and O–H groups in total. The minimum absolute atomic E-state index is 0.0128. The fourth-order valence-electron chi connectivity index (χ4n) is 2.74. The van der Waals surface area contributed by atoms with E-state index in [1.165, 1.54) is 19.2 Å². The number of benzene rings is 1. The van der Waals surface area contributed by atoms with Crippen LogP contribution in [0.5, 0.6) is 0 Å². The maximum absolute atomic E-state index is 11.6. The number of carbonyl (C=O) groups is 1. The van der Waals surface area contributed by atoms with E-state index in [4.69, 9.17) is 23.2 Å². The van der Waals surface area contributed by atoms with Gasteiger partial charge in [-0.2, -0.15) is 0 Å². The van der Waals surface area contributed by atoms with Gasteiger partial charge in [0.15, 0.2) is 11.5 Å². The van der Waals surface area contributed by atoms with Crippen LogP contribution in [-0.4, -0.2) is 29.2 Å². The number of nitrogens with zero attached hydrogens (tertiary/aromatic N) is 3. The van der Waals surface area contributed by atoms with Crippen molar-refractivity contribution in [3.63, 3.8) is 0 Å². The Kier molecular flexibility index (Phi) is 4.88. The molecule has 1 atom stereocenters. The fraction of sp³-hybridized carbons (Fsp3) is 0.250. The molecule has 3 rings (SSSR count). The molecule has 1 aromatic heterocycles. The number of hydrogen-bond acceptors (Lipinski definition) is 7. The van der Waals surface area contributed by atoms with E-state index < -0.39 is 10.9 Å². The van der Waals surface area contributed by atoms with E-state index in [-0.39, 0.29) is 22.6 Å². The number of rotatable bonds is 4. The van der Waals surface area contributed by atoms with Crippen molar-refractivity contribution >= 4 is 46.4 Å². The standard InChI is InChI=1S/C16H14Cl2N4O4/c1-8-19-15-13(4-3-12(20-15)16(23)26-2)21(8)7-9-5-14(22(24)25)11(18)6-10(9)17/h3-6,8H,7H2,1-2H3,(H,19,20). The zero-order chi connectivity index (χ0) is 19.0. The molecule has 0 bridgehead atoms. The molecule has 26 heavy (non-hydrogen) atoms. The van der Waals surface area contributed by atoms with E-state index in [0.29, 0.717) is 22.9 Å². The minimum Gasteiger partial charge on any atom is -0.464 e. The van der Waals surface area contributed by atoms with Crippen molar-refractivity contribution in [2.24, 2.45) is 0 Å². The van der Waals surface area contributed by atoms with Gasteiger partial charge in [-0.25, -0.2) is 9.78 Å². The Hall–Kier alpha value is -2.58. The van der Waals surface area contributed by atoms with E-state index in [9.17, 15) is 14.9 Å². The third kappa shape index (κ3) is 3.25. The van der Waals surface area contributed by atoms with Gasteiger partial charge in [-0.15, -0.1) is 0 Å². The first-order chi connectivity index (χ1) is 12.3. The Balaban J connectivity index is 1.94. The van der Waals surface area contributed by atoms with E-state index in [2.05, 4.69) is 15.0 Å². The number of anilines is 2. The van der Waals surface area contributed by atoms with Crippen molar-refractivity contribution in [2.75, 3.05) is 17.3 Å². The Morgan fingerprint density at radius 3 is 2.77 bits per heavy atom. The van der Waals surface area contributed by atoms with E-state index in [1.807, 2.05) is 11.8 Å². The summed E-state index contributed by atoms with van der Waals surface area (Å²) in [7, 11) is 1.29. The highest BCUT2D eigenvalue weighted by atomic mass is 35.5. The van der Waals surface area contributed by atoms with Gasteiger partial charge in [-0.05, 0) is 30.7 Å². The number of carbonyl (C=O) groups excluding carboxylic acids is 1. The second kappa shape index (κ2) is 6.97. The Morgan fingerprint density at radius 1 is 1.38 bits per heavy atom. The SMILES string of the molecule is COC(=O)c1ccc2c(n1)NC(C)N2Cc1cc([N+](=O)[O-])c(Cl)cc1Cl. The maximum Gasteiger partial charge on any atom is 0.356 e. The molecule has 1 aliphatic rings. The van der Waals surface area contributed by atoms with Crippen molar-refractivity contribution < 1.29 is 14.5 Å². The second-order valence-corrected chi connectivity index (χ2v) is 6.47. The van der Waals surface area contributed by atoms with Crippen molar-refractivity contribution in [1.82, 2.24) is 4.98 Å². The second-order valence-electron chi connectivity index (χ2n) is 5.66. The van der Waals surface area contributed by atoms with Gasteiger partial charge in [0.2, 0.25) is 0 Å². The predicted molar refractivity (Wildman–Crippen MR) is 98.0 cm³/mol. The zero-order valence-corrected chi connectivity index (χ0v) is 15.3. The van der Waals surface area contributed by atoms with Gasteiger partial charge >= 0.3 is 5.97 Å². The van der Waals surface area contributed by atoms with Crippen molar-refractivity contribution in [3.05, 3.63) is 55.7 Å². The molecule has 10 heteroatoms. The predicted octanol–water partition coefficient (Wildman–Crippen LogP) is 3.86. The number of esters is 1. The monoisotopic (exact) mass is 396 g/mol. The molecule has 0 spiro atoms. The molecule has 8 nitrogen and oxygen atoms in total. The summed E-state index contributed by atoms with van der Waals surface area (Å²) in [4.78, 5) is 28.4. The summed E-state index contributed by atoms with van der Waals surface area (Å²) in [5, 5.41) is 14.6. The van der Waals surface area contributed by atoms with Crippen molar-refractivity contribution in [3.8, 4) is 0 Å². The first-order valence-electron chi connectivity index (χ1n) is 7.56. The van der Waals surface area contributed by atoms with Gasteiger partial charge in [-0.1, -0.05) is 23.2 Å². The van der Waals surface area contributed by atoms with Crippen LogP contribution in [0.4, 0.5) is 17.2 Å². The van der Waals surface area contributed by atoms with Crippen LogP contribution in [0.2, 0.25) is 10.0 Å². The average molecular weight is 397 g/mol. The zero-order valence-electron chi connectivity index (χ0n) is 13.8. The van der Waals surface area contributed by atoms with Crippen LogP contribution < -0.4 is 10.2 Å². The maximum atomic E-state index is 11.6. The largest absolute Gasteiger partial charge is 0.464 e. The number of ether oxygens (including phenoxy) is 1. The normalized spacial score (nSPS) is 15.4. The molecule has 1 aliphatic heterocycles. The van der Waals surface area contributed by atoms with Crippen LogP contribution in [0.15, 0.2) is 24.3 Å². The van der Waals surface area contributed by atoms with Gasteiger partial charge in [0.05, 0.1) is 23.9 Å². The van der Waals surface area contributed by atoms with Crippen LogP contribution in [-0.2, 0) is 11.3 Å². The molecule has 0 fully saturated rings. The van der Waals surface area contributed by atoms with E-state index in [0.717, 1.165) is 5.69 Å². The summed E-state index contributed by atoms with van der Waals surface area (Å²) in [6, 6.07) is 6.03. The van der Waals surface area contributed by atoms with Crippen LogP contribution in [0.25, 0.3) is 0 Å². The summed E-state index contributed by atoms with van der Waals surface area (Å²) in [6.07, 6.45) is -0.156. The highest BCUT2D eigenvalue weighted by molar-refractivity contribution is 6.36. The molecule has 2 heterocycles. The molecule has 1 unspecified atom stereocenters. The summed E-state index contributed by atoms with van der Waals surface area (Å²) in [5.74, 6) is -0.00272. The Bertz CT molecular complexity index is 906. The smallest absolute Gasteiger partial charge is 0.356 e. The molecule has 136 valence electrons. The van der Waals surface area contributed by atoms with E-state index in [1.54, 1.807) is 12.1 Å². The third-order valence-electron chi connectivity index (χ3n) is 4.04. The van der Waals surface area contributed by atoms with Gasteiger partial charge in [0.1, 0.15) is 5.02 Å². The number of aromatic nitrogens is 1. The summed E-state index contributed by atoms with van der Waals surface area (Å²) >= 11 is 12.1. The quantitative estimate of drug-likeness (QED) is 0.475. The lowest BCUT2D eigenvalue weighted by molar-refractivity contribution is -0.384. The van der Waals surface area contributed by atoms with Crippen molar-refractivity contribution in [2.45, 2.75) is 19.6 Å². The molecule has 0 amide bonds. The molecule has 2 aromatic rings. The third-order valence-corrected chi connectivity index (χ3v) is 4.70. The van der Waals surface area contributed by atoms with Crippen LogP contribution in [0, 0.1) is 10.1 Å². The molecular formula is C16H14Cl2N4O4. The molecular weight excluding hydrogens is 383 g/mol. The summed E-state index contributed by atoms with van der Waals surface area (Å²) in [6.45, 7) is 2.20. The first-order valence-corrected chi connectivity index (χ1v) is 8.32. The topological polar surface area (TPSA) is 97.6 Å². The number of halogens is 2. The fourth-order valence-corrected chi connectivity index (χ4v) is 3.25. The highest BCUT2D eigenvalue weighted by Crippen LogP contribution is 2.37. The molecule has 0 saturated carbocycles. The first kappa shape index (κ1) is 18.2. The summed E-state index contributed by atoms with van der Waals surface area (Å²) in [5.41, 5.74) is 1.29. The van der Waals surface area contributed by atoms with Gasteiger partial charge in [0, 0.05) is 17.6 Å². The lowest BCUT2D eigenvalue weighted by Gasteiger charge is -2.24. The highest BCUT2D eigenvalue weighted by Gasteiger charge is 2.29. The van der Waals surface area contributed by atoms with Gasteiger partial charge in [0.25, 0.3) is 5.69 Å². The molecule has 1 aromatic carbocycles. The Labute approximate surface area is 158 Å². The number of hydrogen-bond donors (Lipinski definition) is 1. The number of pyridine rings is 1. The molecule has 0 aliphatic carbocycles. The van der Waals surface area contributed by atoms with E-state index >= 15 is 0 Å².